The summed E-state index contributed by atoms with van der Waals surface area (Å²) < 4.78 is 11.9. The number of carbonyl (C=O) groups excluding carboxylic acids is 1. The molecular weight excluding hydrogens is 466 g/mol. The Morgan fingerprint density at radius 3 is 2.73 bits per heavy atom. The highest BCUT2D eigenvalue weighted by molar-refractivity contribution is 5.68. The molecule has 37 heavy (non-hydrogen) atoms. The number of nitrogens with two attached hydrogens (primary N) is 2. The number of likely N-dealkylation sites (tertiary alicyclic amines) is 1. The first-order valence-electron chi connectivity index (χ1n) is 13.9. The summed E-state index contributed by atoms with van der Waals surface area (Å²) in [7, 11) is 0. The van der Waals surface area contributed by atoms with Crippen molar-refractivity contribution >= 4 is 6.09 Å². The van der Waals surface area contributed by atoms with Crippen molar-refractivity contribution in [2.75, 3.05) is 39.3 Å². The van der Waals surface area contributed by atoms with Gasteiger partial charge in [0.1, 0.15) is 6.61 Å². The molecule has 4 rings (SSSR count). The molecule has 8 nitrogen and oxygen atoms in total. The fourth-order valence-electron chi connectivity index (χ4n) is 5.57. The van der Waals surface area contributed by atoms with Gasteiger partial charge < -0.3 is 25.8 Å². The van der Waals surface area contributed by atoms with Crippen LogP contribution in [0.25, 0.3) is 0 Å². The van der Waals surface area contributed by atoms with Gasteiger partial charge in [0.2, 0.25) is 0 Å². The summed E-state index contributed by atoms with van der Waals surface area (Å²) in [4.78, 5) is 22.5. The van der Waals surface area contributed by atoms with E-state index >= 15 is 0 Å². The standard InChI is InChI=1S/C29H43N5O3/c30-14-4-5-17-33(27-13-6-11-24-12-7-16-32-28(24)27)20-25-19-26(36-18-8-15-31)21-34(25)29(35)37-22-23-9-2-1-3-10-23/h1-3,7,9-10,12,16,25-27H,4-6,8,11,13-15,17-22,30-31H2. The first kappa shape index (κ1) is 27.5. The van der Waals surface area contributed by atoms with E-state index in [1.54, 1.807) is 0 Å². The lowest BCUT2D eigenvalue weighted by Crippen LogP contribution is -2.45. The van der Waals surface area contributed by atoms with E-state index in [-0.39, 0.29) is 30.9 Å². The third kappa shape index (κ3) is 7.74. The molecule has 0 bridgehead atoms. The second-order valence-electron chi connectivity index (χ2n) is 10.2. The van der Waals surface area contributed by atoms with E-state index < -0.39 is 0 Å². The molecule has 1 aromatic carbocycles. The van der Waals surface area contributed by atoms with Crippen molar-refractivity contribution in [2.45, 2.75) is 69.7 Å². The van der Waals surface area contributed by atoms with Gasteiger partial charge in [-0.25, -0.2) is 4.79 Å². The number of aryl methyl sites for hydroxylation is 1. The molecule has 202 valence electrons. The molecule has 0 saturated carbocycles. The monoisotopic (exact) mass is 509 g/mol. The molecule has 1 saturated heterocycles. The Morgan fingerprint density at radius 2 is 1.92 bits per heavy atom. The third-order valence-electron chi connectivity index (χ3n) is 7.47. The van der Waals surface area contributed by atoms with Crippen LogP contribution in [0.3, 0.4) is 0 Å². The van der Waals surface area contributed by atoms with Gasteiger partial charge in [-0.15, -0.1) is 0 Å². The lowest BCUT2D eigenvalue weighted by molar-refractivity contribution is 0.0527. The van der Waals surface area contributed by atoms with E-state index in [0.717, 1.165) is 63.6 Å². The number of ether oxygens (including phenoxy) is 2. The molecule has 1 aliphatic carbocycles. The average molecular weight is 510 g/mol. The van der Waals surface area contributed by atoms with Gasteiger partial charge in [-0.05, 0) is 81.8 Å². The largest absolute Gasteiger partial charge is 0.445 e. The van der Waals surface area contributed by atoms with Crippen LogP contribution in [0, 0.1) is 0 Å². The van der Waals surface area contributed by atoms with Crippen molar-refractivity contribution in [3.63, 3.8) is 0 Å². The number of hydrogen-bond acceptors (Lipinski definition) is 7. The number of unbranched alkanes of at least 4 members (excludes halogenated alkanes) is 1. The van der Waals surface area contributed by atoms with E-state index in [9.17, 15) is 4.79 Å². The van der Waals surface area contributed by atoms with Crippen molar-refractivity contribution < 1.29 is 14.3 Å². The SMILES string of the molecule is NCCCCN(CC1CC(OCCCN)CN1C(=O)OCc1ccccc1)C1CCCc2cccnc21. The highest BCUT2D eigenvalue weighted by Crippen LogP contribution is 2.34. The van der Waals surface area contributed by atoms with Crippen molar-refractivity contribution in [3.05, 3.63) is 65.5 Å². The summed E-state index contributed by atoms with van der Waals surface area (Å²) in [6.07, 6.45) is 8.53. The molecule has 3 unspecified atom stereocenters. The lowest BCUT2D eigenvalue weighted by Gasteiger charge is -2.38. The topological polar surface area (TPSA) is 107 Å². The van der Waals surface area contributed by atoms with Gasteiger partial charge in [-0.2, -0.15) is 0 Å². The predicted octanol–water partition coefficient (Wildman–Crippen LogP) is 3.65. The summed E-state index contributed by atoms with van der Waals surface area (Å²) in [5.74, 6) is 0. The minimum absolute atomic E-state index is 0.0107. The fraction of sp³-hybridized carbons (Fsp3) is 0.586. The van der Waals surface area contributed by atoms with Crippen molar-refractivity contribution in [1.29, 1.82) is 0 Å². The van der Waals surface area contributed by atoms with Crippen LogP contribution in [0.5, 0.6) is 0 Å². The summed E-state index contributed by atoms with van der Waals surface area (Å²) in [6.45, 7) is 4.40. The molecule has 0 spiro atoms. The Morgan fingerprint density at radius 1 is 1.08 bits per heavy atom. The maximum Gasteiger partial charge on any atom is 0.410 e. The average Bonchev–Trinajstić information content (AvgIpc) is 3.34. The molecular formula is C29H43N5O3. The van der Waals surface area contributed by atoms with Crippen molar-refractivity contribution in [2.24, 2.45) is 11.5 Å². The van der Waals surface area contributed by atoms with Gasteiger partial charge in [-0.1, -0.05) is 36.4 Å². The van der Waals surface area contributed by atoms with Crippen molar-refractivity contribution in [3.8, 4) is 0 Å². The van der Waals surface area contributed by atoms with Gasteiger partial charge >= 0.3 is 6.09 Å². The maximum absolute atomic E-state index is 13.3. The number of benzene rings is 1. The van der Waals surface area contributed by atoms with Crippen LogP contribution in [-0.4, -0.2) is 72.4 Å². The minimum atomic E-state index is -0.275. The van der Waals surface area contributed by atoms with Crippen LogP contribution in [0.2, 0.25) is 0 Å². The predicted molar refractivity (Wildman–Crippen MR) is 145 cm³/mol. The zero-order valence-corrected chi connectivity index (χ0v) is 22.0. The Kier molecular flexibility index (Phi) is 10.7. The van der Waals surface area contributed by atoms with E-state index in [4.69, 9.17) is 25.9 Å². The van der Waals surface area contributed by atoms with Crippen LogP contribution >= 0.6 is 0 Å². The minimum Gasteiger partial charge on any atom is -0.445 e. The van der Waals surface area contributed by atoms with Gasteiger partial charge in [0, 0.05) is 19.3 Å². The Labute approximate surface area is 221 Å². The molecule has 4 N–H and O–H groups in total. The van der Waals surface area contributed by atoms with Crippen LogP contribution < -0.4 is 11.5 Å². The Balaban J connectivity index is 1.49. The zero-order chi connectivity index (χ0) is 25.9. The van der Waals surface area contributed by atoms with Crippen LogP contribution in [0.1, 0.15) is 61.4 Å². The molecule has 2 aliphatic rings. The third-order valence-corrected chi connectivity index (χ3v) is 7.47. The van der Waals surface area contributed by atoms with Crippen LogP contribution in [0.4, 0.5) is 4.79 Å². The van der Waals surface area contributed by atoms with E-state index in [0.29, 0.717) is 26.2 Å². The number of aromatic nitrogens is 1. The second kappa shape index (κ2) is 14.4. The highest BCUT2D eigenvalue weighted by atomic mass is 16.6. The normalized spacial score (nSPS) is 21.3. The molecule has 1 amide bonds. The number of carbonyl (C=O) groups is 1. The quantitative estimate of drug-likeness (QED) is 0.397. The summed E-state index contributed by atoms with van der Waals surface area (Å²) in [6, 6.07) is 14.3. The Hall–Kier alpha value is -2.52. The first-order valence-corrected chi connectivity index (χ1v) is 13.9. The van der Waals surface area contributed by atoms with Gasteiger partial charge in [0.05, 0.1) is 30.4 Å². The molecule has 8 heteroatoms. The number of rotatable bonds is 13. The number of hydrogen-bond donors (Lipinski definition) is 2. The zero-order valence-electron chi connectivity index (χ0n) is 22.0. The number of pyridine rings is 1. The summed E-state index contributed by atoms with van der Waals surface area (Å²) >= 11 is 0. The van der Waals surface area contributed by atoms with Gasteiger partial charge in [0.15, 0.2) is 0 Å². The number of nitrogens with zero attached hydrogens (tertiary/aromatic N) is 3. The number of amides is 1. The van der Waals surface area contributed by atoms with Gasteiger partial charge in [-0.3, -0.25) is 9.88 Å². The molecule has 2 heterocycles. The maximum atomic E-state index is 13.3. The van der Waals surface area contributed by atoms with Crippen molar-refractivity contribution in [1.82, 2.24) is 14.8 Å². The summed E-state index contributed by atoms with van der Waals surface area (Å²) in [5, 5.41) is 0. The van der Waals surface area contributed by atoms with Crippen LogP contribution in [-0.2, 0) is 22.5 Å². The fourth-order valence-corrected chi connectivity index (χ4v) is 5.57. The second-order valence-corrected chi connectivity index (χ2v) is 10.2. The lowest BCUT2D eigenvalue weighted by atomic mass is 9.90. The Bertz CT molecular complexity index is 960. The highest BCUT2D eigenvalue weighted by Gasteiger charge is 2.39. The molecule has 3 atom stereocenters. The van der Waals surface area contributed by atoms with Gasteiger partial charge in [0.25, 0.3) is 0 Å². The van der Waals surface area contributed by atoms with E-state index in [1.807, 2.05) is 47.5 Å². The van der Waals surface area contributed by atoms with Crippen LogP contribution in [0.15, 0.2) is 48.7 Å². The molecule has 1 aliphatic heterocycles. The molecule has 1 fully saturated rings. The van der Waals surface area contributed by atoms with E-state index in [2.05, 4.69) is 11.0 Å². The summed E-state index contributed by atoms with van der Waals surface area (Å²) in [5.41, 5.74) is 15.0. The first-order chi connectivity index (χ1) is 18.2. The smallest absolute Gasteiger partial charge is 0.410 e. The molecule has 2 aromatic rings. The molecule has 0 radical (unpaired) electrons. The molecule has 1 aromatic heterocycles. The van der Waals surface area contributed by atoms with E-state index in [1.165, 1.54) is 11.3 Å². The number of fused-ring (bicyclic) bond motifs is 1.